The number of nitrogens with one attached hydrogen (secondary N) is 1. The van der Waals surface area contributed by atoms with Crippen LogP contribution in [0.2, 0.25) is 0 Å². The van der Waals surface area contributed by atoms with Crippen LogP contribution in [0, 0.1) is 0 Å². The van der Waals surface area contributed by atoms with Gasteiger partial charge in [-0.05, 0) is 49.1 Å². The molecule has 3 rings (SSSR count). The minimum atomic E-state index is -3.67. The Balaban J connectivity index is 1.44. The molecule has 0 bridgehead atoms. The fraction of sp³-hybridized carbons (Fsp3) is 0.389. The predicted molar refractivity (Wildman–Crippen MR) is 96.7 cm³/mol. The highest BCUT2D eigenvalue weighted by Crippen LogP contribution is 2.28. The lowest BCUT2D eigenvalue weighted by atomic mass is 10.1. The highest BCUT2D eigenvalue weighted by atomic mass is 32.2. The Hall–Kier alpha value is -2.16. The lowest BCUT2D eigenvalue weighted by molar-refractivity contribution is -0.122. The van der Waals surface area contributed by atoms with Crippen LogP contribution in [0.5, 0.6) is 0 Å². The summed E-state index contributed by atoms with van der Waals surface area (Å²) >= 11 is 0. The van der Waals surface area contributed by atoms with Gasteiger partial charge in [-0.25, -0.2) is 13.6 Å². The Morgan fingerprint density at radius 2 is 1.96 bits per heavy atom. The summed E-state index contributed by atoms with van der Waals surface area (Å²) in [6.45, 7) is 1.47. The fourth-order valence-electron chi connectivity index (χ4n) is 2.79. The van der Waals surface area contributed by atoms with E-state index in [9.17, 15) is 13.2 Å². The van der Waals surface area contributed by atoms with E-state index in [2.05, 4.69) is 10.2 Å². The lowest BCUT2D eigenvalue weighted by Gasteiger charge is -2.20. The number of amides is 1. The van der Waals surface area contributed by atoms with Crippen molar-refractivity contribution in [1.82, 2.24) is 10.2 Å². The largest absolute Gasteiger partial charge is 0.468 e. The summed E-state index contributed by atoms with van der Waals surface area (Å²) in [5, 5.41) is 7.99. The van der Waals surface area contributed by atoms with Crippen LogP contribution >= 0.6 is 0 Å². The highest BCUT2D eigenvalue weighted by Gasteiger charge is 2.30. The Morgan fingerprint density at radius 3 is 2.54 bits per heavy atom. The first kappa shape index (κ1) is 18.6. The molecule has 1 aromatic carbocycles. The van der Waals surface area contributed by atoms with Crippen LogP contribution in [0.3, 0.4) is 0 Å². The van der Waals surface area contributed by atoms with E-state index in [1.54, 1.807) is 18.4 Å². The van der Waals surface area contributed by atoms with Gasteiger partial charge in [0, 0.05) is 12.6 Å². The topological polar surface area (TPSA) is 106 Å². The second-order valence-electron chi connectivity index (χ2n) is 6.50. The summed E-state index contributed by atoms with van der Waals surface area (Å²) < 4.78 is 27.8. The maximum absolute atomic E-state index is 12.2. The van der Waals surface area contributed by atoms with E-state index in [1.807, 2.05) is 12.1 Å². The van der Waals surface area contributed by atoms with E-state index in [0.29, 0.717) is 32.1 Å². The molecule has 1 aliphatic rings. The average Bonchev–Trinajstić information content (AvgIpc) is 3.31. The summed E-state index contributed by atoms with van der Waals surface area (Å²) in [5.74, 6) is 0.837. The van der Waals surface area contributed by atoms with Crippen LogP contribution in [0.25, 0.3) is 0 Å². The molecule has 7 nitrogen and oxygen atoms in total. The number of sulfonamides is 1. The monoisotopic (exact) mass is 377 g/mol. The van der Waals surface area contributed by atoms with E-state index in [-0.39, 0.29) is 10.8 Å². The van der Waals surface area contributed by atoms with Gasteiger partial charge in [-0.1, -0.05) is 12.1 Å². The standard InChI is InChI=1S/C18H23N3O4S/c19-26(23,24)17-7-3-14(4-8-17)9-10-20-18(22)13-21(15-5-6-15)12-16-2-1-11-25-16/h1-4,7-8,11,15H,5-6,9-10,12-13H2,(H,20,22)(H2,19,23,24). The molecular formula is C18H23N3O4S. The summed E-state index contributed by atoms with van der Waals surface area (Å²) in [6, 6.07) is 10.6. The first-order chi connectivity index (χ1) is 12.4. The van der Waals surface area contributed by atoms with Gasteiger partial charge in [-0.3, -0.25) is 9.69 Å². The molecule has 1 heterocycles. The third-order valence-electron chi connectivity index (χ3n) is 4.34. The molecule has 2 aromatic rings. The van der Waals surface area contributed by atoms with Crippen molar-refractivity contribution in [3.63, 3.8) is 0 Å². The Kier molecular flexibility index (Phi) is 5.75. The van der Waals surface area contributed by atoms with Gasteiger partial charge in [0.2, 0.25) is 15.9 Å². The lowest BCUT2D eigenvalue weighted by Crippen LogP contribution is -2.38. The van der Waals surface area contributed by atoms with E-state index in [4.69, 9.17) is 9.56 Å². The Morgan fingerprint density at radius 1 is 1.23 bits per heavy atom. The molecule has 8 heteroatoms. The molecule has 3 N–H and O–H groups in total. The summed E-state index contributed by atoms with van der Waals surface area (Å²) in [7, 11) is -3.67. The second-order valence-corrected chi connectivity index (χ2v) is 8.07. The van der Waals surface area contributed by atoms with Crippen molar-refractivity contribution in [3.8, 4) is 0 Å². The second kappa shape index (κ2) is 8.03. The minimum Gasteiger partial charge on any atom is -0.468 e. The van der Waals surface area contributed by atoms with Crippen LogP contribution in [0.1, 0.15) is 24.2 Å². The molecule has 0 unspecified atom stereocenters. The van der Waals surface area contributed by atoms with Gasteiger partial charge in [0.05, 0.1) is 24.2 Å². The van der Waals surface area contributed by atoms with Crippen LogP contribution in [0.4, 0.5) is 0 Å². The van der Waals surface area contributed by atoms with Crippen molar-refractivity contribution in [2.75, 3.05) is 13.1 Å². The number of nitrogens with zero attached hydrogens (tertiary/aromatic N) is 1. The van der Waals surface area contributed by atoms with Gasteiger partial charge in [-0.15, -0.1) is 0 Å². The first-order valence-corrected chi connectivity index (χ1v) is 10.1. The highest BCUT2D eigenvalue weighted by molar-refractivity contribution is 7.89. The van der Waals surface area contributed by atoms with Crippen molar-refractivity contribution < 1.29 is 17.6 Å². The number of primary sulfonamides is 1. The summed E-state index contributed by atoms with van der Waals surface area (Å²) in [6.07, 6.45) is 4.49. The van der Waals surface area contributed by atoms with Crippen molar-refractivity contribution >= 4 is 15.9 Å². The normalized spacial score (nSPS) is 14.5. The van der Waals surface area contributed by atoms with Gasteiger partial charge in [-0.2, -0.15) is 0 Å². The molecule has 0 aliphatic heterocycles. The van der Waals surface area contributed by atoms with E-state index in [0.717, 1.165) is 24.2 Å². The molecule has 140 valence electrons. The van der Waals surface area contributed by atoms with Gasteiger partial charge >= 0.3 is 0 Å². The molecule has 26 heavy (non-hydrogen) atoms. The molecule has 1 amide bonds. The number of hydrogen-bond acceptors (Lipinski definition) is 5. The average molecular weight is 377 g/mol. The van der Waals surface area contributed by atoms with E-state index >= 15 is 0 Å². The number of nitrogens with two attached hydrogens (primary N) is 1. The summed E-state index contributed by atoms with van der Waals surface area (Å²) in [5.41, 5.74) is 0.937. The number of furan rings is 1. The number of carbonyl (C=O) groups is 1. The predicted octanol–water partition coefficient (Wildman–Crippen LogP) is 1.25. The van der Waals surface area contributed by atoms with Crippen LogP contribution < -0.4 is 10.5 Å². The van der Waals surface area contributed by atoms with E-state index < -0.39 is 10.0 Å². The molecule has 0 spiro atoms. The minimum absolute atomic E-state index is 0.0235. The molecule has 1 saturated carbocycles. The third-order valence-corrected chi connectivity index (χ3v) is 5.27. The van der Waals surface area contributed by atoms with Crippen molar-refractivity contribution in [2.24, 2.45) is 5.14 Å². The zero-order chi connectivity index (χ0) is 18.6. The first-order valence-electron chi connectivity index (χ1n) is 8.57. The number of carbonyl (C=O) groups excluding carboxylic acids is 1. The Labute approximate surface area is 153 Å². The zero-order valence-corrected chi connectivity index (χ0v) is 15.2. The molecule has 1 aliphatic carbocycles. The number of hydrogen-bond donors (Lipinski definition) is 2. The van der Waals surface area contributed by atoms with Crippen molar-refractivity contribution in [2.45, 2.75) is 36.7 Å². The van der Waals surface area contributed by atoms with Gasteiger partial charge < -0.3 is 9.73 Å². The van der Waals surface area contributed by atoms with Crippen LogP contribution in [0.15, 0.2) is 52.0 Å². The smallest absolute Gasteiger partial charge is 0.238 e. The summed E-state index contributed by atoms with van der Waals surface area (Å²) in [4.78, 5) is 14.4. The molecule has 0 atom stereocenters. The van der Waals surface area contributed by atoms with Gasteiger partial charge in [0.15, 0.2) is 0 Å². The SMILES string of the molecule is NS(=O)(=O)c1ccc(CCNC(=O)CN(Cc2ccco2)C2CC2)cc1. The molecule has 0 radical (unpaired) electrons. The maximum Gasteiger partial charge on any atom is 0.238 e. The molecule has 1 fully saturated rings. The third kappa shape index (κ3) is 5.42. The quantitative estimate of drug-likeness (QED) is 0.684. The van der Waals surface area contributed by atoms with Gasteiger partial charge in [0.1, 0.15) is 5.76 Å². The molecule has 1 aromatic heterocycles. The molecule has 0 saturated heterocycles. The maximum atomic E-state index is 12.2. The zero-order valence-electron chi connectivity index (χ0n) is 14.4. The van der Waals surface area contributed by atoms with E-state index in [1.165, 1.54) is 12.1 Å². The number of benzene rings is 1. The number of rotatable bonds is 9. The van der Waals surface area contributed by atoms with Crippen LogP contribution in [-0.2, 0) is 27.8 Å². The van der Waals surface area contributed by atoms with Crippen molar-refractivity contribution in [1.29, 1.82) is 0 Å². The van der Waals surface area contributed by atoms with Gasteiger partial charge in [0.25, 0.3) is 0 Å². The Bertz CT molecular complexity index is 828. The fourth-order valence-corrected chi connectivity index (χ4v) is 3.30. The molecular weight excluding hydrogens is 354 g/mol. The van der Waals surface area contributed by atoms with Crippen LogP contribution in [-0.4, -0.2) is 38.4 Å². The van der Waals surface area contributed by atoms with Crippen molar-refractivity contribution in [3.05, 3.63) is 54.0 Å².